The fourth-order valence-corrected chi connectivity index (χ4v) is 2.05. The van der Waals surface area contributed by atoms with Gasteiger partial charge in [-0.05, 0) is 55.2 Å². The van der Waals surface area contributed by atoms with Crippen LogP contribution in [0.2, 0.25) is 0 Å². The highest BCUT2D eigenvalue weighted by atomic mass is 32.2. The van der Waals surface area contributed by atoms with E-state index in [1.807, 2.05) is 30.8 Å². The van der Waals surface area contributed by atoms with Crippen molar-refractivity contribution < 1.29 is 4.79 Å². The third-order valence-corrected chi connectivity index (χ3v) is 3.34. The Morgan fingerprint density at radius 2 is 2.24 bits per heavy atom. The second-order valence-electron chi connectivity index (χ2n) is 4.03. The number of aryl methyl sites for hydroxylation is 1. The van der Waals surface area contributed by atoms with Crippen molar-refractivity contribution in [1.29, 1.82) is 0 Å². The van der Waals surface area contributed by atoms with Crippen molar-refractivity contribution in [2.75, 3.05) is 18.6 Å². The Hall–Kier alpha value is -1.00. The van der Waals surface area contributed by atoms with E-state index in [1.165, 1.54) is 17.7 Å². The average Bonchev–Trinajstić information content (AvgIpc) is 2.30. The predicted molar refractivity (Wildman–Crippen MR) is 74.4 cm³/mol. The van der Waals surface area contributed by atoms with E-state index in [0.717, 1.165) is 18.7 Å². The van der Waals surface area contributed by atoms with Crippen LogP contribution in [0.25, 0.3) is 0 Å². The minimum absolute atomic E-state index is 0.368. The molecule has 3 nitrogen and oxygen atoms in total. The molecule has 0 aliphatic carbocycles. The smallest absolute Gasteiger partial charge is 0.248 e. The van der Waals surface area contributed by atoms with Crippen LogP contribution in [-0.4, -0.2) is 24.5 Å². The van der Waals surface area contributed by atoms with Crippen molar-refractivity contribution in [3.8, 4) is 0 Å². The number of hydrogen-bond donors (Lipinski definition) is 2. The number of thioether (sulfide) groups is 1. The number of hydrogen-bond acceptors (Lipinski definition) is 3. The first-order valence-electron chi connectivity index (χ1n) is 5.74. The van der Waals surface area contributed by atoms with Crippen LogP contribution in [0, 0.1) is 6.92 Å². The van der Waals surface area contributed by atoms with Crippen molar-refractivity contribution in [2.24, 2.45) is 5.73 Å². The molecular formula is C13H20N2OS. The number of carbonyl (C=O) groups excluding carboxylic acids is 1. The molecule has 1 rings (SSSR count). The fraction of sp³-hybridized carbons (Fsp3) is 0.462. The molecule has 0 radical (unpaired) electrons. The van der Waals surface area contributed by atoms with Gasteiger partial charge in [0.1, 0.15) is 0 Å². The number of nitrogens with one attached hydrogen (secondary N) is 1. The molecule has 1 amide bonds. The summed E-state index contributed by atoms with van der Waals surface area (Å²) >= 11 is 1.86. The Labute approximate surface area is 107 Å². The Morgan fingerprint density at radius 1 is 1.47 bits per heavy atom. The van der Waals surface area contributed by atoms with Crippen LogP contribution in [0.4, 0.5) is 0 Å². The average molecular weight is 252 g/mol. The molecule has 0 atom stereocenters. The van der Waals surface area contributed by atoms with Gasteiger partial charge >= 0.3 is 0 Å². The lowest BCUT2D eigenvalue weighted by atomic mass is 10.0. The third kappa shape index (κ3) is 4.79. The minimum atomic E-state index is -0.368. The molecule has 0 fully saturated rings. The molecule has 0 saturated heterocycles. The summed E-state index contributed by atoms with van der Waals surface area (Å²) in [4.78, 5) is 11.0. The topological polar surface area (TPSA) is 55.1 Å². The van der Waals surface area contributed by atoms with Crippen LogP contribution in [0.3, 0.4) is 0 Å². The van der Waals surface area contributed by atoms with Gasteiger partial charge in [-0.25, -0.2) is 0 Å². The standard InChI is InChI=1S/C13H20N2OS/c1-10-8-11(13(14)16)4-5-12(10)9-15-6-3-7-17-2/h4-5,8,15H,3,6-7,9H2,1-2H3,(H2,14,16). The molecule has 1 aromatic carbocycles. The van der Waals surface area contributed by atoms with Crippen molar-refractivity contribution in [2.45, 2.75) is 19.9 Å². The first kappa shape index (κ1) is 14.1. The summed E-state index contributed by atoms with van der Waals surface area (Å²) in [5, 5.41) is 3.40. The van der Waals surface area contributed by atoms with Gasteiger partial charge in [-0.1, -0.05) is 6.07 Å². The zero-order chi connectivity index (χ0) is 12.7. The highest BCUT2D eigenvalue weighted by Gasteiger charge is 2.03. The first-order chi connectivity index (χ1) is 8.15. The van der Waals surface area contributed by atoms with E-state index in [1.54, 1.807) is 6.07 Å². The maximum Gasteiger partial charge on any atom is 0.248 e. The molecule has 0 saturated carbocycles. The van der Waals surface area contributed by atoms with Gasteiger partial charge < -0.3 is 11.1 Å². The molecule has 0 unspecified atom stereocenters. The zero-order valence-corrected chi connectivity index (χ0v) is 11.3. The van der Waals surface area contributed by atoms with E-state index < -0.39 is 0 Å². The molecule has 0 bridgehead atoms. The van der Waals surface area contributed by atoms with Gasteiger partial charge in [0.25, 0.3) is 0 Å². The van der Waals surface area contributed by atoms with E-state index in [-0.39, 0.29) is 5.91 Å². The van der Waals surface area contributed by atoms with E-state index in [2.05, 4.69) is 11.6 Å². The summed E-state index contributed by atoms with van der Waals surface area (Å²) in [7, 11) is 0. The maximum absolute atomic E-state index is 11.0. The molecule has 0 aliphatic heterocycles. The number of carbonyl (C=O) groups is 1. The van der Waals surface area contributed by atoms with Crippen molar-refractivity contribution >= 4 is 17.7 Å². The van der Waals surface area contributed by atoms with Crippen LogP contribution < -0.4 is 11.1 Å². The molecule has 94 valence electrons. The molecule has 0 aromatic heterocycles. The molecule has 4 heteroatoms. The van der Waals surface area contributed by atoms with Gasteiger partial charge in [0.15, 0.2) is 0 Å². The number of benzene rings is 1. The van der Waals surface area contributed by atoms with Crippen LogP contribution in [0.5, 0.6) is 0 Å². The van der Waals surface area contributed by atoms with Crippen LogP contribution in [0.15, 0.2) is 18.2 Å². The lowest BCUT2D eigenvalue weighted by Gasteiger charge is -2.08. The van der Waals surface area contributed by atoms with Crippen LogP contribution >= 0.6 is 11.8 Å². The summed E-state index contributed by atoms with van der Waals surface area (Å²) in [5.74, 6) is 0.819. The molecule has 0 heterocycles. The molecular weight excluding hydrogens is 232 g/mol. The number of nitrogens with two attached hydrogens (primary N) is 1. The normalized spacial score (nSPS) is 10.5. The summed E-state index contributed by atoms with van der Waals surface area (Å²) in [6.07, 6.45) is 3.30. The lowest BCUT2D eigenvalue weighted by molar-refractivity contribution is 0.1000. The quantitative estimate of drug-likeness (QED) is 0.729. The highest BCUT2D eigenvalue weighted by molar-refractivity contribution is 7.98. The fourth-order valence-electron chi connectivity index (χ4n) is 1.61. The van der Waals surface area contributed by atoms with Crippen molar-refractivity contribution in [1.82, 2.24) is 5.32 Å². The molecule has 1 aromatic rings. The van der Waals surface area contributed by atoms with Crippen LogP contribution in [0.1, 0.15) is 27.9 Å². The Kier molecular flexibility index (Phi) is 6.08. The lowest BCUT2D eigenvalue weighted by Crippen LogP contribution is -2.17. The van der Waals surface area contributed by atoms with Crippen molar-refractivity contribution in [3.63, 3.8) is 0 Å². The summed E-state index contributed by atoms with van der Waals surface area (Å²) in [6, 6.07) is 5.60. The predicted octanol–water partition coefficient (Wildman–Crippen LogP) is 1.94. The number of amides is 1. The molecule has 3 N–H and O–H groups in total. The molecule has 0 aliphatic rings. The monoisotopic (exact) mass is 252 g/mol. The summed E-state index contributed by atoms with van der Waals surface area (Å²) in [6.45, 7) is 3.88. The Balaban J connectivity index is 2.46. The van der Waals surface area contributed by atoms with Gasteiger partial charge in [-0.15, -0.1) is 0 Å². The number of primary amides is 1. The van der Waals surface area contributed by atoms with Crippen LogP contribution in [-0.2, 0) is 6.54 Å². The largest absolute Gasteiger partial charge is 0.366 e. The highest BCUT2D eigenvalue weighted by Crippen LogP contribution is 2.10. The molecule has 17 heavy (non-hydrogen) atoms. The van der Waals surface area contributed by atoms with Gasteiger partial charge in [0.05, 0.1) is 0 Å². The Bertz CT molecular complexity index is 380. The maximum atomic E-state index is 11.0. The third-order valence-electron chi connectivity index (χ3n) is 2.64. The second kappa shape index (κ2) is 7.35. The van der Waals surface area contributed by atoms with E-state index in [4.69, 9.17) is 5.73 Å². The SMILES string of the molecule is CSCCCNCc1ccc(C(N)=O)cc1C. The minimum Gasteiger partial charge on any atom is -0.366 e. The zero-order valence-electron chi connectivity index (χ0n) is 10.5. The summed E-state index contributed by atoms with van der Waals surface area (Å²) < 4.78 is 0. The van der Waals surface area contributed by atoms with E-state index >= 15 is 0 Å². The van der Waals surface area contributed by atoms with Gasteiger partial charge in [0, 0.05) is 12.1 Å². The van der Waals surface area contributed by atoms with E-state index in [9.17, 15) is 4.79 Å². The Morgan fingerprint density at radius 3 is 2.82 bits per heavy atom. The van der Waals surface area contributed by atoms with E-state index in [0.29, 0.717) is 5.56 Å². The number of rotatable bonds is 7. The van der Waals surface area contributed by atoms with Gasteiger partial charge in [-0.3, -0.25) is 4.79 Å². The summed E-state index contributed by atoms with van der Waals surface area (Å²) in [5.41, 5.74) is 8.14. The molecule has 0 spiro atoms. The van der Waals surface area contributed by atoms with Gasteiger partial charge in [-0.2, -0.15) is 11.8 Å². The van der Waals surface area contributed by atoms with Gasteiger partial charge in [0.2, 0.25) is 5.91 Å². The second-order valence-corrected chi connectivity index (χ2v) is 5.01. The van der Waals surface area contributed by atoms with Crippen molar-refractivity contribution in [3.05, 3.63) is 34.9 Å². The first-order valence-corrected chi connectivity index (χ1v) is 7.13.